The number of nitrogens with zero attached hydrogens (tertiary/aromatic N) is 1. The SMILES string of the molecule is CCC(=O)N(CCC1(C(C)C)CCOC(C)(CC)C1)Cc1ccccc1. The molecule has 0 aliphatic carbocycles. The largest absolute Gasteiger partial charge is 0.375 e. The lowest BCUT2D eigenvalue weighted by molar-refractivity contribution is -0.140. The summed E-state index contributed by atoms with van der Waals surface area (Å²) in [6, 6.07) is 10.3. The molecule has 1 saturated heterocycles. The van der Waals surface area contributed by atoms with Gasteiger partial charge in [-0.15, -0.1) is 0 Å². The molecule has 1 heterocycles. The molecule has 1 aliphatic rings. The first-order valence-electron chi connectivity index (χ1n) is 10.3. The van der Waals surface area contributed by atoms with Crippen molar-refractivity contribution in [3.63, 3.8) is 0 Å². The summed E-state index contributed by atoms with van der Waals surface area (Å²) in [4.78, 5) is 14.6. The highest BCUT2D eigenvalue weighted by molar-refractivity contribution is 5.75. The van der Waals surface area contributed by atoms with Crippen molar-refractivity contribution in [2.75, 3.05) is 13.2 Å². The molecule has 0 N–H and O–H groups in total. The molecule has 1 aromatic carbocycles. The molecule has 1 aliphatic heterocycles. The zero-order chi connectivity index (χ0) is 19.2. The number of hydrogen-bond acceptors (Lipinski definition) is 2. The lowest BCUT2D eigenvalue weighted by Gasteiger charge is -2.49. The number of ether oxygens (including phenoxy) is 1. The Balaban J connectivity index is 2.12. The summed E-state index contributed by atoms with van der Waals surface area (Å²) in [5, 5.41) is 0. The topological polar surface area (TPSA) is 29.5 Å². The van der Waals surface area contributed by atoms with Crippen LogP contribution in [0.3, 0.4) is 0 Å². The summed E-state index contributed by atoms with van der Waals surface area (Å²) < 4.78 is 6.11. The van der Waals surface area contributed by atoms with Crippen LogP contribution in [-0.4, -0.2) is 29.6 Å². The van der Waals surface area contributed by atoms with Crippen LogP contribution in [0, 0.1) is 11.3 Å². The first-order valence-corrected chi connectivity index (χ1v) is 10.3. The van der Waals surface area contributed by atoms with E-state index in [4.69, 9.17) is 4.74 Å². The van der Waals surface area contributed by atoms with Crippen LogP contribution in [0.25, 0.3) is 0 Å². The van der Waals surface area contributed by atoms with Gasteiger partial charge in [0.25, 0.3) is 0 Å². The molecule has 2 rings (SSSR count). The van der Waals surface area contributed by atoms with Gasteiger partial charge >= 0.3 is 0 Å². The monoisotopic (exact) mass is 359 g/mol. The van der Waals surface area contributed by atoms with Gasteiger partial charge in [0, 0.05) is 26.1 Å². The number of carbonyl (C=O) groups excluding carboxylic acids is 1. The van der Waals surface area contributed by atoms with Crippen LogP contribution in [0.1, 0.15) is 72.3 Å². The van der Waals surface area contributed by atoms with Gasteiger partial charge in [-0.05, 0) is 49.5 Å². The summed E-state index contributed by atoms with van der Waals surface area (Å²) in [6.07, 6.45) is 4.86. The van der Waals surface area contributed by atoms with Gasteiger partial charge in [0.05, 0.1) is 5.60 Å². The average Bonchev–Trinajstić information content (AvgIpc) is 2.65. The maximum atomic E-state index is 12.5. The lowest BCUT2D eigenvalue weighted by Crippen LogP contribution is -2.47. The van der Waals surface area contributed by atoms with Gasteiger partial charge in [-0.2, -0.15) is 0 Å². The fraction of sp³-hybridized carbons (Fsp3) is 0.696. The molecule has 0 bridgehead atoms. The quantitative estimate of drug-likeness (QED) is 0.619. The molecule has 1 fully saturated rings. The standard InChI is InChI=1S/C23H37NO2/c1-6-21(25)24(17-20-11-9-8-10-12-20)15-13-23(19(3)4)14-16-26-22(5,7-2)18-23/h8-12,19H,6-7,13-18H2,1-5H3. The molecule has 1 aromatic rings. The Hall–Kier alpha value is -1.35. The van der Waals surface area contributed by atoms with E-state index >= 15 is 0 Å². The highest BCUT2D eigenvalue weighted by atomic mass is 16.5. The Morgan fingerprint density at radius 3 is 2.50 bits per heavy atom. The third-order valence-corrected chi connectivity index (χ3v) is 6.50. The number of amides is 1. The van der Waals surface area contributed by atoms with E-state index in [0.717, 1.165) is 38.8 Å². The van der Waals surface area contributed by atoms with Gasteiger partial charge in [-0.3, -0.25) is 4.79 Å². The molecule has 26 heavy (non-hydrogen) atoms. The highest BCUT2D eigenvalue weighted by Crippen LogP contribution is 2.48. The molecule has 0 saturated carbocycles. The predicted molar refractivity (Wildman–Crippen MR) is 108 cm³/mol. The molecular formula is C23H37NO2. The van der Waals surface area contributed by atoms with Gasteiger partial charge in [-0.25, -0.2) is 0 Å². The molecule has 3 heteroatoms. The summed E-state index contributed by atoms with van der Waals surface area (Å²) in [5.74, 6) is 0.839. The van der Waals surface area contributed by atoms with E-state index in [1.807, 2.05) is 25.1 Å². The fourth-order valence-electron chi connectivity index (χ4n) is 4.28. The number of benzene rings is 1. The molecule has 0 radical (unpaired) electrons. The Kier molecular flexibility index (Phi) is 7.28. The Bertz CT molecular complexity index is 571. The molecule has 146 valence electrons. The number of carbonyl (C=O) groups is 1. The van der Waals surface area contributed by atoms with Gasteiger partial charge < -0.3 is 9.64 Å². The van der Waals surface area contributed by atoms with Crippen molar-refractivity contribution in [1.82, 2.24) is 4.90 Å². The van der Waals surface area contributed by atoms with E-state index in [9.17, 15) is 4.79 Å². The van der Waals surface area contributed by atoms with E-state index in [2.05, 4.69) is 44.7 Å². The van der Waals surface area contributed by atoms with Crippen LogP contribution in [0.2, 0.25) is 0 Å². The Morgan fingerprint density at radius 2 is 1.92 bits per heavy atom. The smallest absolute Gasteiger partial charge is 0.222 e. The second kappa shape index (κ2) is 9.03. The predicted octanol–water partition coefficient (Wildman–Crippen LogP) is 5.44. The van der Waals surface area contributed by atoms with Crippen LogP contribution >= 0.6 is 0 Å². The van der Waals surface area contributed by atoms with Crippen molar-refractivity contribution in [3.8, 4) is 0 Å². The van der Waals surface area contributed by atoms with Gasteiger partial charge in [0.15, 0.2) is 0 Å². The third kappa shape index (κ3) is 5.09. The maximum absolute atomic E-state index is 12.5. The summed E-state index contributed by atoms with van der Waals surface area (Å²) in [5.41, 5.74) is 1.44. The second-order valence-corrected chi connectivity index (χ2v) is 8.50. The van der Waals surface area contributed by atoms with Crippen molar-refractivity contribution in [2.45, 2.75) is 78.9 Å². The lowest BCUT2D eigenvalue weighted by atomic mass is 9.64. The first kappa shape index (κ1) is 21.0. The second-order valence-electron chi connectivity index (χ2n) is 8.50. The van der Waals surface area contributed by atoms with E-state index in [1.54, 1.807) is 0 Å². The molecule has 2 unspecified atom stereocenters. The van der Waals surface area contributed by atoms with Crippen LogP contribution in [0.4, 0.5) is 0 Å². The molecular weight excluding hydrogens is 322 g/mol. The van der Waals surface area contributed by atoms with Crippen molar-refractivity contribution in [3.05, 3.63) is 35.9 Å². The van der Waals surface area contributed by atoms with Crippen molar-refractivity contribution in [1.29, 1.82) is 0 Å². The van der Waals surface area contributed by atoms with Crippen LogP contribution in [0.5, 0.6) is 0 Å². The van der Waals surface area contributed by atoms with Gasteiger partial charge in [-0.1, -0.05) is 58.0 Å². The van der Waals surface area contributed by atoms with E-state index in [0.29, 0.717) is 18.9 Å². The minimum Gasteiger partial charge on any atom is -0.375 e. The maximum Gasteiger partial charge on any atom is 0.222 e. The van der Waals surface area contributed by atoms with Crippen molar-refractivity contribution >= 4 is 5.91 Å². The first-order chi connectivity index (χ1) is 12.3. The molecule has 0 aromatic heterocycles. The normalized spacial score (nSPS) is 26.1. The summed E-state index contributed by atoms with van der Waals surface area (Å²) in [7, 11) is 0. The Labute approximate surface area is 160 Å². The molecule has 3 nitrogen and oxygen atoms in total. The van der Waals surface area contributed by atoms with E-state index < -0.39 is 0 Å². The minimum atomic E-state index is -0.0262. The van der Waals surface area contributed by atoms with E-state index in [1.165, 1.54) is 5.56 Å². The van der Waals surface area contributed by atoms with Gasteiger partial charge in [0.2, 0.25) is 5.91 Å². The summed E-state index contributed by atoms with van der Waals surface area (Å²) >= 11 is 0. The average molecular weight is 360 g/mol. The van der Waals surface area contributed by atoms with E-state index in [-0.39, 0.29) is 16.9 Å². The van der Waals surface area contributed by atoms with Crippen molar-refractivity contribution < 1.29 is 9.53 Å². The molecule has 0 spiro atoms. The molecule has 2 atom stereocenters. The van der Waals surface area contributed by atoms with Crippen LogP contribution < -0.4 is 0 Å². The minimum absolute atomic E-state index is 0.0262. The highest BCUT2D eigenvalue weighted by Gasteiger charge is 2.44. The third-order valence-electron chi connectivity index (χ3n) is 6.50. The van der Waals surface area contributed by atoms with Crippen LogP contribution in [0.15, 0.2) is 30.3 Å². The van der Waals surface area contributed by atoms with Crippen LogP contribution in [-0.2, 0) is 16.1 Å². The zero-order valence-electron chi connectivity index (χ0n) is 17.4. The number of hydrogen-bond donors (Lipinski definition) is 0. The van der Waals surface area contributed by atoms with Crippen molar-refractivity contribution in [2.24, 2.45) is 11.3 Å². The van der Waals surface area contributed by atoms with Gasteiger partial charge in [0.1, 0.15) is 0 Å². The molecule has 1 amide bonds. The summed E-state index contributed by atoms with van der Waals surface area (Å²) in [6.45, 7) is 13.5. The zero-order valence-corrected chi connectivity index (χ0v) is 17.4. The fourth-order valence-corrected chi connectivity index (χ4v) is 4.28. The number of rotatable bonds is 8. The Morgan fingerprint density at radius 1 is 1.23 bits per heavy atom.